The Kier molecular flexibility index (Phi) is 3.53. The molecule has 6 heteroatoms. The smallest absolute Gasteiger partial charge is 0.290 e. The molecule has 0 radical (unpaired) electrons. The van der Waals surface area contributed by atoms with Gasteiger partial charge in [-0.1, -0.05) is 12.1 Å². The molecule has 0 atom stereocenters. The highest BCUT2D eigenvalue weighted by molar-refractivity contribution is 7.12. The summed E-state index contributed by atoms with van der Waals surface area (Å²) >= 11 is 1.59. The van der Waals surface area contributed by atoms with Gasteiger partial charge < -0.3 is 0 Å². The van der Waals surface area contributed by atoms with Crippen molar-refractivity contribution >= 4 is 28.6 Å². The van der Waals surface area contributed by atoms with Crippen molar-refractivity contribution in [2.75, 3.05) is 0 Å². The van der Waals surface area contributed by atoms with Crippen LogP contribution in [0.5, 0.6) is 0 Å². The number of carbonyl (C=O) groups is 1. The quantitative estimate of drug-likeness (QED) is 0.597. The van der Waals surface area contributed by atoms with Crippen LogP contribution in [-0.2, 0) is 0 Å². The van der Waals surface area contributed by atoms with E-state index in [9.17, 15) is 4.79 Å². The Labute approximate surface area is 126 Å². The second-order valence-corrected chi connectivity index (χ2v) is 5.54. The SMILES string of the molecule is CC(=NNC(=O)c1c(C)nc2ccccn12)c1cccs1. The predicted molar refractivity (Wildman–Crippen MR) is 83.9 cm³/mol. The van der Waals surface area contributed by atoms with Gasteiger partial charge in [0.05, 0.1) is 11.4 Å². The van der Waals surface area contributed by atoms with Crippen LogP contribution < -0.4 is 5.43 Å². The summed E-state index contributed by atoms with van der Waals surface area (Å²) in [4.78, 5) is 17.7. The van der Waals surface area contributed by atoms with E-state index in [1.165, 1.54) is 0 Å². The van der Waals surface area contributed by atoms with Gasteiger partial charge in [-0.2, -0.15) is 5.10 Å². The largest absolute Gasteiger partial charge is 0.295 e. The Morgan fingerprint density at radius 1 is 1.33 bits per heavy atom. The van der Waals surface area contributed by atoms with E-state index in [1.807, 2.05) is 55.8 Å². The van der Waals surface area contributed by atoms with E-state index >= 15 is 0 Å². The van der Waals surface area contributed by atoms with Gasteiger partial charge in [-0.25, -0.2) is 10.4 Å². The van der Waals surface area contributed by atoms with Crippen LogP contribution in [0, 0.1) is 6.92 Å². The molecule has 3 aromatic heterocycles. The summed E-state index contributed by atoms with van der Waals surface area (Å²) in [5, 5.41) is 6.13. The van der Waals surface area contributed by atoms with Crippen molar-refractivity contribution in [3.05, 3.63) is 58.2 Å². The molecule has 0 aliphatic carbocycles. The van der Waals surface area contributed by atoms with Gasteiger partial charge in [-0.15, -0.1) is 11.3 Å². The topological polar surface area (TPSA) is 58.8 Å². The number of nitrogens with one attached hydrogen (secondary N) is 1. The number of hydrogen-bond acceptors (Lipinski definition) is 4. The Balaban J connectivity index is 1.88. The number of amides is 1. The fraction of sp³-hybridized carbons (Fsp3) is 0.133. The molecule has 21 heavy (non-hydrogen) atoms. The number of thiophene rings is 1. The molecule has 0 saturated heterocycles. The molecule has 0 aliphatic heterocycles. The number of hydrogen-bond donors (Lipinski definition) is 1. The van der Waals surface area contributed by atoms with E-state index in [0.717, 1.165) is 16.2 Å². The molecule has 0 spiro atoms. The number of carbonyl (C=O) groups excluding carboxylic acids is 1. The lowest BCUT2D eigenvalue weighted by molar-refractivity contribution is 0.0948. The second-order valence-electron chi connectivity index (χ2n) is 4.59. The van der Waals surface area contributed by atoms with Crippen molar-refractivity contribution in [2.45, 2.75) is 13.8 Å². The zero-order chi connectivity index (χ0) is 14.8. The van der Waals surface area contributed by atoms with E-state index in [1.54, 1.807) is 15.7 Å². The minimum atomic E-state index is -0.262. The third-order valence-corrected chi connectivity index (χ3v) is 4.10. The van der Waals surface area contributed by atoms with Gasteiger partial charge in [0.1, 0.15) is 11.3 Å². The zero-order valence-corrected chi connectivity index (χ0v) is 12.5. The summed E-state index contributed by atoms with van der Waals surface area (Å²) in [5.74, 6) is -0.262. The highest BCUT2D eigenvalue weighted by Gasteiger charge is 2.15. The van der Waals surface area contributed by atoms with Gasteiger partial charge in [-0.3, -0.25) is 9.20 Å². The average Bonchev–Trinajstić information content (AvgIpc) is 3.10. The molecular formula is C15H14N4OS. The van der Waals surface area contributed by atoms with Crippen molar-refractivity contribution in [3.8, 4) is 0 Å². The standard InChI is InChI=1S/C15H14N4OS/c1-10(12-6-5-9-21-12)17-18-15(20)14-11(2)16-13-7-3-4-8-19(13)14/h3-9H,1-2H3,(H,18,20). The molecule has 106 valence electrons. The minimum Gasteiger partial charge on any atom is -0.295 e. The van der Waals surface area contributed by atoms with Crippen LogP contribution in [0.1, 0.15) is 28.0 Å². The monoisotopic (exact) mass is 298 g/mol. The predicted octanol–water partition coefficient (Wildman–Crippen LogP) is 2.86. The van der Waals surface area contributed by atoms with Gasteiger partial charge in [-0.05, 0) is 37.4 Å². The van der Waals surface area contributed by atoms with Crippen LogP contribution in [0.2, 0.25) is 0 Å². The minimum absolute atomic E-state index is 0.262. The molecule has 3 aromatic rings. The number of aromatic nitrogens is 2. The number of fused-ring (bicyclic) bond motifs is 1. The fourth-order valence-electron chi connectivity index (χ4n) is 2.11. The maximum atomic E-state index is 12.3. The number of aryl methyl sites for hydroxylation is 1. The van der Waals surface area contributed by atoms with Crippen molar-refractivity contribution in [1.29, 1.82) is 0 Å². The number of hydrazone groups is 1. The Morgan fingerprint density at radius 2 is 2.19 bits per heavy atom. The van der Waals surface area contributed by atoms with Gasteiger partial charge in [0.15, 0.2) is 0 Å². The molecule has 3 rings (SSSR count). The summed E-state index contributed by atoms with van der Waals surface area (Å²) in [6.45, 7) is 3.69. The third kappa shape index (κ3) is 2.57. The first kappa shape index (κ1) is 13.5. The molecule has 0 saturated carbocycles. The number of nitrogens with zero attached hydrogens (tertiary/aromatic N) is 3. The highest BCUT2D eigenvalue weighted by Crippen LogP contribution is 2.12. The van der Waals surface area contributed by atoms with Crippen molar-refractivity contribution in [1.82, 2.24) is 14.8 Å². The van der Waals surface area contributed by atoms with Gasteiger partial charge in [0, 0.05) is 11.1 Å². The second kappa shape index (κ2) is 5.49. The normalized spacial score (nSPS) is 11.8. The Bertz CT molecular complexity index is 817. The molecule has 0 aromatic carbocycles. The summed E-state index contributed by atoms with van der Waals surface area (Å²) in [5.41, 5.74) is 5.32. The molecule has 1 amide bonds. The number of imidazole rings is 1. The number of rotatable bonds is 3. The number of pyridine rings is 1. The van der Waals surface area contributed by atoms with Crippen molar-refractivity contribution in [3.63, 3.8) is 0 Å². The first-order valence-corrected chi connectivity index (χ1v) is 7.37. The molecule has 0 fully saturated rings. The molecule has 3 heterocycles. The summed E-state index contributed by atoms with van der Waals surface area (Å²) < 4.78 is 1.76. The van der Waals surface area contributed by atoms with E-state index < -0.39 is 0 Å². The molecular weight excluding hydrogens is 284 g/mol. The van der Waals surface area contributed by atoms with E-state index in [4.69, 9.17) is 0 Å². The van der Waals surface area contributed by atoms with E-state index in [-0.39, 0.29) is 5.91 Å². The van der Waals surface area contributed by atoms with Crippen LogP contribution in [0.3, 0.4) is 0 Å². The molecule has 0 unspecified atom stereocenters. The van der Waals surface area contributed by atoms with Crippen LogP contribution in [0.25, 0.3) is 5.65 Å². The fourth-order valence-corrected chi connectivity index (χ4v) is 2.79. The van der Waals surface area contributed by atoms with Crippen LogP contribution in [0.15, 0.2) is 47.0 Å². The zero-order valence-electron chi connectivity index (χ0n) is 11.7. The van der Waals surface area contributed by atoms with Crippen LogP contribution in [0.4, 0.5) is 0 Å². The first-order valence-electron chi connectivity index (χ1n) is 6.49. The lowest BCUT2D eigenvalue weighted by atomic mass is 10.3. The van der Waals surface area contributed by atoms with Crippen molar-refractivity contribution in [2.24, 2.45) is 5.10 Å². The van der Waals surface area contributed by atoms with Crippen LogP contribution in [-0.4, -0.2) is 21.0 Å². The maximum Gasteiger partial charge on any atom is 0.290 e. The summed E-state index contributed by atoms with van der Waals surface area (Å²) in [6, 6.07) is 9.54. The van der Waals surface area contributed by atoms with E-state index in [2.05, 4.69) is 15.5 Å². The maximum absolute atomic E-state index is 12.3. The average molecular weight is 298 g/mol. The van der Waals surface area contributed by atoms with Gasteiger partial charge in [0.25, 0.3) is 5.91 Å². The van der Waals surface area contributed by atoms with Crippen LogP contribution >= 0.6 is 11.3 Å². The van der Waals surface area contributed by atoms with E-state index in [0.29, 0.717) is 11.4 Å². The lowest BCUT2D eigenvalue weighted by Crippen LogP contribution is -2.21. The third-order valence-electron chi connectivity index (χ3n) is 3.12. The summed E-state index contributed by atoms with van der Waals surface area (Å²) in [6.07, 6.45) is 1.82. The molecule has 1 N–H and O–H groups in total. The highest BCUT2D eigenvalue weighted by atomic mass is 32.1. The van der Waals surface area contributed by atoms with Gasteiger partial charge >= 0.3 is 0 Å². The van der Waals surface area contributed by atoms with Gasteiger partial charge in [0.2, 0.25) is 0 Å². The summed E-state index contributed by atoms with van der Waals surface area (Å²) in [7, 11) is 0. The molecule has 5 nitrogen and oxygen atoms in total. The lowest BCUT2D eigenvalue weighted by Gasteiger charge is -2.02. The molecule has 0 aliphatic rings. The first-order chi connectivity index (χ1) is 10.2. The molecule has 0 bridgehead atoms. The van der Waals surface area contributed by atoms with Crippen molar-refractivity contribution < 1.29 is 4.79 Å². The Morgan fingerprint density at radius 3 is 2.95 bits per heavy atom. The Hall–Kier alpha value is -2.47.